The van der Waals surface area contributed by atoms with E-state index in [1.165, 1.54) is 0 Å². The Hall–Kier alpha value is -0.620. The summed E-state index contributed by atoms with van der Waals surface area (Å²) in [5, 5.41) is -0.131. The smallest absolute Gasteiger partial charge is 0.228 e. The highest BCUT2D eigenvalue weighted by molar-refractivity contribution is 7.90. The monoisotopic (exact) mass is 272 g/mol. The third kappa shape index (κ3) is 1.77. The number of hydrogen-bond donors (Lipinski definition) is 0. The second-order valence-electron chi connectivity index (χ2n) is 5.90. The first-order valence-electron chi connectivity index (χ1n) is 6.70. The summed E-state index contributed by atoms with van der Waals surface area (Å²) in [5.74, 6) is 0.214. The fourth-order valence-corrected chi connectivity index (χ4v) is 5.05. The van der Waals surface area contributed by atoms with Crippen molar-refractivity contribution in [2.45, 2.75) is 37.4 Å². The number of carbonyl (C=O) groups is 1. The van der Waals surface area contributed by atoms with Gasteiger partial charge in [0.25, 0.3) is 0 Å². The lowest BCUT2D eigenvalue weighted by atomic mass is 9.78. The molecule has 2 aliphatic heterocycles. The van der Waals surface area contributed by atoms with Crippen molar-refractivity contribution in [3.05, 3.63) is 0 Å². The number of rotatable bonds is 2. The van der Waals surface area contributed by atoms with E-state index in [1.807, 2.05) is 7.05 Å². The van der Waals surface area contributed by atoms with E-state index in [1.54, 1.807) is 9.21 Å². The summed E-state index contributed by atoms with van der Waals surface area (Å²) in [4.78, 5) is 13.9. The number of piperidine rings is 1. The van der Waals surface area contributed by atoms with Crippen LogP contribution >= 0.6 is 0 Å². The average Bonchev–Trinajstić information content (AvgIpc) is 3.16. The van der Waals surface area contributed by atoms with Crippen LogP contribution in [0, 0.1) is 5.41 Å². The number of hydrogen-bond acceptors (Lipinski definition) is 3. The van der Waals surface area contributed by atoms with Crippen molar-refractivity contribution in [2.24, 2.45) is 5.41 Å². The third-order valence-electron chi connectivity index (χ3n) is 4.71. The van der Waals surface area contributed by atoms with Gasteiger partial charge >= 0.3 is 0 Å². The summed E-state index contributed by atoms with van der Waals surface area (Å²) in [6.07, 6.45) is 3.90. The topological polar surface area (TPSA) is 57.7 Å². The van der Waals surface area contributed by atoms with Gasteiger partial charge in [-0.1, -0.05) is 0 Å². The van der Waals surface area contributed by atoms with E-state index in [0.29, 0.717) is 25.9 Å². The van der Waals surface area contributed by atoms with Crippen LogP contribution < -0.4 is 0 Å². The summed E-state index contributed by atoms with van der Waals surface area (Å²) in [6, 6.07) is 0. The second kappa shape index (κ2) is 3.93. The van der Waals surface area contributed by atoms with Crippen LogP contribution in [0.3, 0.4) is 0 Å². The van der Waals surface area contributed by atoms with Gasteiger partial charge in [-0.2, -0.15) is 0 Å². The molecule has 2 saturated heterocycles. The minimum absolute atomic E-state index is 0.131. The molecule has 18 heavy (non-hydrogen) atoms. The fourth-order valence-electron chi connectivity index (χ4n) is 3.20. The maximum Gasteiger partial charge on any atom is 0.228 e. The molecule has 0 N–H and O–H groups in total. The third-order valence-corrected chi connectivity index (χ3v) is 7.11. The van der Waals surface area contributed by atoms with Gasteiger partial charge in [0, 0.05) is 26.7 Å². The van der Waals surface area contributed by atoms with E-state index in [2.05, 4.69) is 0 Å². The highest BCUT2D eigenvalue weighted by Crippen LogP contribution is 2.43. The SMILES string of the molecule is CN1CCC2(CCN(S(=O)(=O)C3CC3)CC2)C1=O. The zero-order valence-corrected chi connectivity index (χ0v) is 11.6. The first-order chi connectivity index (χ1) is 8.46. The molecule has 0 atom stereocenters. The molecule has 0 unspecified atom stereocenters. The predicted molar refractivity (Wildman–Crippen MR) is 67.4 cm³/mol. The van der Waals surface area contributed by atoms with Crippen molar-refractivity contribution in [1.29, 1.82) is 0 Å². The van der Waals surface area contributed by atoms with Crippen molar-refractivity contribution in [3.63, 3.8) is 0 Å². The molecule has 3 aliphatic rings. The molecule has 0 aromatic carbocycles. The fraction of sp³-hybridized carbons (Fsp3) is 0.917. The molecule has 0 bridgehead atoms. The van der Waals surface area contributed by atoms with Gasteiger partial charge in [0.2, 0.25) is 15.9 Å². The Bertz CT molecular complexity index is 462. The minimum Gasteiger partial charge on any atom is -0.345 e. The summed E-state index contributed by atoms with van der Waals surface area (Å²) < 4.78 is 25.9. The second-order valence-corrected chi connectivity index (χ2v) is 8.11. The van der Waals surface area contributed by atoms with Crippen molar-refractivity contribution in [1.82, 2.24) is 9.21 Å². The van der Waals surface area contributed by atoms with Crippen LogP contribution in [-0.4, -0.2) is 55.5 Å². The van der Waals surface area contributed by atoms with Crippen LogP contribution in [0.25, 0.3) is 0 Å². The van der Waals surface area contributed by atoms with Crippen molar-refractivity contribution in [3.8, 4) is 0 Å². The van der Waals surface area contributed by atoms with Gasteiger partial charge in [0.05, 0.1) is 10.7 Å². The Balaban J connectivity index is 1.70. The molecule has 2 heterocycles. The van der Waals surface area contributed by atoms with Crippen molar-refractivity contribution < 1.29 is 13.2 Å². The highest BCUT2D eigenvalue weighted by Gasteiger charge is 2.50. The Kier molecular flexibility index (Phi) is 2.71. The highest BCUT2D eigenvalue weighted by atomic mass is 32.2. The predicted octanol–water partition coefficient (Wildman–Crippen LogP) is 0.423. The molecule has 1 amide bonds. The van der Waals surface area contributed by atoms with Crippen LogP contribution in [0.15, 0.2) is 0 Å². The zero-order chi connectivity index (χ0) is 13.0. The molecule has 1 aliphatic carbocycles. The lowest BCUT2D eigenvalue weighted by Gasteiger charge is -2.37. The van der Waals surface area contributed by atoms with Gasteiger partial charge in [-0.3, -0.25) is 4.79 Å². The molecule has 1 saturated carbocycles. The normalized spacial score (nSPS) is 29.2. The van der Waals surface area contributed by atoms with Gasteiger partial charge in [0.1, 0.15) is 0 Å². The van der Waals surface area contributed by atoms with Gasteiger partial charge in [0.15, 0.2) is 0 Å². The maximum atomic E-state index is 12.1. The molecular formula is C12H20N2O3S. The van der Waals surface area contributed by atoms with Crippen molar-refractivity contribution >= 4 is 15.9 Å². The Labute approximate surface area is 108 Å². The van der Waals surface area contributed by atoms with Gasteiger partial charge in [-0.05, 0) is 32.1 Å². The number of likely N-dealkylation sites (tertiary alicyclic amines) is 1. The van der Waals surface area contributed by atoms with E-state index in [0.717, 1.165) is 25.8 Å². The van der Waals surface area contributed by atoms with Crippen LogP contribution in [-0.2, 0) is 14.8 Å². The maximum absolute atomic E-state index is 12.1. The van der Waals surface area contributed by atoms with Crippen molar-refractivity contribution in [2.75, 3.05) is 26.7 Å². The zero-order valence-electron chi connectivity index (χ0n) is 10.8. The molecule has 5 nitrogen and oxygen atoms in total. The van der Waals surface area contributed by atoms with Crippen LogP contribution in [0.4, 0.5) is 0 Å². The molecule has 102 valence electrons. The standard InChI is InChI=1S/C12H20N2O3S/c1-13-7-4-12(11(13)15)5-8-14(9-6-12)18(16,17)10-2-3-10/h10H,2-9H2,1H3. The largest absolute Gasteiger partial charge is 0.345 e. The van der Waals surface area contributed by atoms with Crippen LogP contribution in [0.1, 0.15) is 32.1 Å². The Morgan fingerprint density at radius 3 is 2.11 bits per heavy atom. The first kappa shape index (κ1) is 12.4. The summed E-state index contributed by atoms with van der Waals surface area (Å²) in [5.41, 5.74) is -0.260. The van der Waals surface area contributed by atoms with Gasteiger partial charge < -0.3 is 4.90 Å². The van der Waals surface area contributed by atoms with E-state index >= 15 is 0 Å². The van der Waals surface area contributed by atoms with E-state index in [-0.39, 0.29) is 16.6 Å². The van der Waals surface area contributed by atoms with Crippen LogP contribution in [0.5, 0.6) is 0 Å². The average molecular weight is 272 g/mol. The number of sulfonamides is 1. The van der Waals surface area contributed by atoms with Gasteiger partial charge in [-0.15, -0.1) is 0 Å². The molecule has 0 aromatic rings. The van der Waals surface area contributed by atoms with E-state index in [9.17, 15) is 13.2 Å². The number of carbonyl (C=O) groups excluding carboxylic acids is 1. The lowest BCUT2D eigenvalue weighted by molar-refractivity contribution is -0.136. The van der Waals surface area contributed by atoms with Gasteiger partial charge in [-0.25, -0.2) is 12.7 Å². The molecule has 0 aromatic heterocycles. The minimum atomic E-state index is -3.06. The molecule has 3 fully saturated rings. The molecule has 1 spiro atoms. The summed E-state index contributed by atoms with van der Waals surface area (Å²) in [7, 11) is -1.22. The lowest BCUT2D eigenvalue weighted by Crippen LogP contribution is -2.47. The van der Waals surface area contributed by atoms with Crippen LogP contribution in [0.2, 0.25) is 0 Å². The van der Waals surface area contributed by atoms with E-state index < -0.39 is 10.0 Å². The molecule has 0 radical (unpaired) electrons. The molecule has 3 rings (SSSR count). The summed E-state index contributed by atoms with van der Waals surface area (Å²) in [6.45, 7) is 1.87. The molecular weight excluding hydrogens is 252 g/mol. The Morgan fingerprint density at radius 1 is 1.11 bits per heavy atom. The summed E-state index contributed by atoms with van der Waals surface area (Å²) >= 11 is 0. The molecule has 6 heteroatoms. The first-order valence-corrected chi connectivity index (χ1v) is 8.21. The number of nitrogens with zero attached hydrogens (tertiary/aromatic N) is 2. The Morgan fingerprint density at radius 2 is 1.67 bits per heavy atom. The van der Waals surface area contributed by atoms with E-state index in [4.69, 9.17) is 0 Å². The quantitative estimate of drug-likeness (QED) is 0.732. The number of amides is 1.